The van der Waals surface area contributed by atoms with Crippen molar-refractivity contribution in [2.45, 2.75) is 6.10 Å². The minimum absolute atomic E-state index is 0.481. The second-order valence-electron chi connectivity index (χ2n) is 3.35. The van der Waals surface area contributed by atoms with Crippen LogP contribution in [-0.4, -0.2) is 10.4 Å². The number of hydrogen-bond acceptors (Lipinski definition) is 1. The molecule has 0 unspecified atom stereocenters. The maximum absolute atomic E-state index is 9.93. The molecular formula is C12H10Br2O. The number of hydrogen-bond donors (Lipinski definition) is 1. The molecule has 0 aromatic heterocycles. The van der Waals surface area contributed by atoms with Crippen LogP contribution in [0.2, 0.25) is 0 Å². The minimum atomic E-state index is -0.481. The van der Waals surface area contributed by atoms with Gasteiger partial charge >= 0.3 is 0 Å². The molecule has 0 aliphatic carbocycles. The molecule has 0 amide bonds. The molecule has 0 bridgehead atoms. The Bertz CT molecular complexity index is 482. The highest BCUT2D eigenvalue weighted by atomic mass is 79.9. The third-order valence-electron chi connectivity index (χ3n) is 2.40. The summed E-state index contributed by atoms with van der Waals surface area (Å²) in [6, 6.07) is 12.1. The van der Waals surface area contributed by atoms with E-state index in [9.17, 15) is 5.11 Å². The monoisotopic (exact) mass is 328 g/mol. The van der Waals surface area contributed by atoms with Crippen molar-refractivity contribution >= 4 is 42.6 Å². The zero-order chi connectivity index (χ0) is 10.8. The third-order valence-corrected chi connectivity index (χ3v) is 3.70. The Morgan fingerprint density at radius 1 is 1.13 bits per heavy atom. The molecule has 0 saturated heterocycles. The molecule has 2 aromatic carbocycles. The normalized spacial score (nSPS) is 13.0. The van der Waals surface area contributed by atoms with E-state index in [4.69, 9.17) is 0 Å². The van der Waals surface area contributed by atoms with Crippen molar-refractivity contribution in [3.8, 4) is 0 Å². The molecule has 0 saturated carbocycles. The SMILES string of the molecule is O[C@@H](CBr)c1c(Br)ccc2ccccc12. The summed E-state index contributed by atoms with van der Waals surface area (Å²) in [6.45, 7) is 0. The van der Waals surface area contributed by atoms with Gasteiger partial charge in [0.15, 0.2) is 0 Å². The van der Waals surface area contributed by atoms with E-state index in [1.54, 1.807) is 0 Å². The van der Waals surface area contributed by atoms with E-state index < -0.39 is 6.10 Å². The van der Waals surface area contributed by atoms with Crippen molar-refractivity contribution in [1.29, 1.82) is 0 Å². The van der Waals surface area contributed by atoms with Crippen LogP contribution in [0.1, 0.15) is 11.7 Å². The standard InChI is InChI=1S/C12H10Br2O/c13-7-11(15)12-9-4-2-1-3-8(9)5-6-10(12)14/h1-6,11,15H,7H2/t11-/m0/s1. The third kappa shape index (κ3) is 2.10. The maximum Gasteiger partial charge on any atom is 0.0903 e. The Kier molecular flexibility index (Phi) is 3.44. The van der Waals surface area contributed by atoms with Crippen molar-refractivity contribution in [2.24, 2.45) is 0 Å². The molecular weight excluding hydrogens is 320 g/mol. The van der Waals surface area contributed by atoms with E-state index in [1.807, 2.05) is 36.4 Å². The van der Waals surface area contributed by atoms with Crippen LogP contribution in [0.4, 0.5) is 0 Å². The molecule has 0 radical (unpaired) electrons. The van der Waals surface area contributed by atoms with Crippen LogP contribution in [0, 0.1) is 0 Å². The largest absolute Gasteiger partial charge is 0.387 e. The van der Waals surface area contributed by atoms with Gasteiger partial charge in [0, 0.05) is 15.4 Å². The average molecular weight is 330 g/mol. The number of rotatable bonds is 2. The van der Waals surface area contributed by atoms with Crippen LogP contribution in [0.25, 0.3) is 10.8 Å². The van der Waals surface area contributed by atoms with Crippen LogP contribution in [0.3, 0.4) is 0 Å². The second kappa shape index (κ2) is 4.64. The van der Waals surface area contributed by atoms with Crippen LogP contribution in [-0.2, 0) is 0 Å². The summed E-state index contributed by atoms with van der Waals surface area (Å²) in [6.07, 6.45) is -0.481. The van der Waals surface area contributed by atoms with Crippen molar-refractivity contribution < 1.29 is 5.11 Å². The average Bonchev–Trinajstić information content (AvgIpc) is 2.28. The smallest absolute Gasteiger partial charge is 0.0903 e. The number of benzene rings is 2. The van der Waals surface area contributed by atoms with Gasteiger partial charge in [-0.1, -0.05) is 62.2 Å². The Balaban J connectivity index is 2.74. The van der Waals surface area contributed by atoms with Gasteiger partial charge in [-0.3, -0.25) is 0 Å². The number of aliphatic hydroxyl groups is 1. The lowest BCUT2D eigenvalue weighted by Gasteiger charge is -2.13. The van der Waals surface area contributed by atoms with E-state index in [1.165, 1.54) is 0 Å². The Labute approximate surface area is 105 Å². The minimum Gasteiger partial charge on any atom is -0.387 e. The summed E-state index contributed by atoms with van der Waals surface area (Å²) in [5.41, 5.74) is 0.949. The number of halogens is 2. The highest BCUT2D eigenvalue weighted by molar-refractivity contribution is 9.10. The molecule has 1 nitrogen and oxygen atoms in total. The lowest BCUT2D eigenvalue weighted by Crippen LogP contribution is -2.00. The fraction of sp³-hybridized carbons (Fsp3) is 0.167. The van der Waals surface area contributed by atoms with E-state index in [2.05, 4.69) is 31.9 Å². The topological polar surface area (TPSA) is 20.2 Å². The van der Waals surface area contributed by atoms with Crippen molar-refractivity contribution in [3.63, 3.8) is 0 Å². The maximum atomic E-state index is 9.93. The van der Waals surface area contributed by atoms with Crippen molar-refractivity contribution in [3.05, 3.63) is 46.4 Å². The molecule has 0 aliphatic heterocycles. The summed E-state index contributed by atoms with van der Waals surface area (Å²) >= 11 is 6.78. The van der Waals surface area contributed by atoms with Crippen molar-refractivity contribution in [1.82, 2.24) is 0 Å². The van der Waals surface area contributed by atoms with Gasteiger partial charge in [-0.25, -0.2) is 0 Å². The molecule has 0 spiro atoms. The first-order chi connectivity index (χ1) is 7.24. The van der Waals surface area contributed by atoms with Crippen LogP contribution < -0.4 is 0 Å². The number of fused-ring (bicyclic) bond motifs is 1. The summed E-state index contributed by atoms with van der Waals surface area (Å²) in [7, 11) is 0. The predicted octanol–water partition coefficient (Wildman–Crippen LogP) is 4.03. The summed E-state index contributed by atoms with van der Waals surface area (Å²) in [4.78, 5) is 0. The van der Waals surface area contributed by atoms with Gasteiger partial charge in [-0.2, -0.15) is 0 Å². The molecule has 15 heavy (non-hydrogen) atoms. The molecule has 2 aromatic rings. The van der Waals surface area contributed by atoms with Gasteiger partial charge in [0.1, 0.15) is 0 Å². The van der Waals surface area contributed by atoms with Gasteiger partial charge < -0.3 is 5.11 Å². The Morgan fingerprint density at radius 3 is 2.60 bits per heavy atom. The van der Waals surface area contributed by atoms with E-state index >= 15 is 0 Å². The molecule has 3 heteroatoms. The zero-order valence-corrected chi connectivity index (χ0v) is 11.1. The molecule has 0 aliphatic rings. The lowest BCUT2D eigenvalue weighted by molar-refractivity contribution is 0.206. The first kappa shape index (κ1) is 11.1. The molecule has 0 heterocycles. The van der Waals surface area contributed by atoms with Gasteiger partial charge in [0.2, 0.25) is 0 Å². The fourth-order valence-electron chi connectivity index (χ4n) is 1.68. The van der Waals surface area contributed by atoms with E-state index in [-0.39, 0.29) is 0 Å². The Hall–Kier alpha value is -0.380. The van der Waals surface area contributed by atoms with Crippen molar-refractivity contribution in [2.75, 3.05) is 5.33 Å². The van der Waals surface area contributed by atoms with E-state index in [0.29, 0.717) is 5.33 Å². The molecule has 1 atom stereocenters. The highest BCUT2D eigenvalue weighted by Gasteiger charge is 2.13. The first-order valence-corrected chi connectivity index (χ1v) is 6.56. The Morgan fingerprint density at radius 2 is 1.87 bits per heavy atom. The van der Waals surface area contributed by atoms with Crippen LogP contribution in [0.15, 0.2) is 40.9 Å². The molecule has 2 rings (SSSR count). The van der Waals surface area contributed by atoms with Crippen LogP contribution >= 0.6 is 31.9 Å². The fourth-order valence-corrected chi connectivity index (χ4v) is 2.62. The first-order valence-electron chi connectivity index (χ1n) is 4.65. The lowest BCUT2D eigenvalue weighted by atomic mass is 10.0. The molecule has 78 valence electrons. The number of alkyl halides is 1. The second-order valence-corrected chi connectivity index (χ2v) is 4.85. The van der Waals surface area contributed by atoms with Gasteiger partial charge in [0.25, 0.3) is 0 Å². The predicted molar refractivity (Wildman–Crippen MR) is 70.4 cm³/mol. The highest BCUT2D eigenvalue weighted by Crippen LogP contribution is 2.32. The quantitative estimate of drug-likeness (QED) is 0.825. The van der Waals surface area contributed by atoms with E-state index in [0.717, 1.165) is 20.8 Å². The molecule has 1 N–H and O–H groups in total. The molecule has 0 fully saturated rings. The van der Waals surface area contributed by atoms with Gasteiger partial charge in [0.05, 0.1) is 6.10 Å². The van der Waals surface area contributed by atoms with Crippen LogP contribution in [0.5, 0.6) is 0 Å². The summed E-state index contributed by atoms with van der Waals surface area (Å²) < 4.78 is 0.952. The zero-order valence-electron chi connectivity index (χ0n) is 7.95. The summed E-state index contributed by atoms with van der Waals surface area (Å²) in [5, 5.41) is 12.7. The summed E-state index contributed by atoms with van der Waals surface area (Å²) in [5.74, 6) is 0. The van der Waals surface area contributed by atoms with Gasteiger partial charge in [-0.15, -0.1) is 0 Å². The number of aliphatic hydroxyl groups excluding tert-OH is 1. The van der Waals surface area contributed by atoms with Gasteiger partial charge in [-0.05, 0) is 16.8 Å².